The number of carbonyl (C=O) groups is 2. The minimum absolute atomic E-state index is 0.0112. The SMILES string of the molecule is Cc1nnnn1-c1cccc(NC(=O)c2cccc(NC(=O)C3CC3)c2)c1. The van der Waals surface area contributed by atoms with E-state index < -0.39 is 0 Å². The normalized spacial score (nSPS) is 13.2. The second kappa shape index (κ2) is 6.99. The van der Waals surface area contributed by atoms with Crippen LogP contribution in [0.2, 0.25) is 0 Å². The first-order valence-corrected chi connectivity index (χ1v) is 8.68. The molecule has 8 nitrogen and oxygen atoms in total. The first-order valence-electron chi connectivity index (χ1n) is 8.68. The molecular weight excluding hydrogens is 344 g/mol. The Hall–Kier alpha value is -3.55. The van der Waals surface area contributed by atoms with Crippen LogP contribution in [0, 0.1) is 12.8 Å². The van der Waals surface area contributed by atoms with Gasteiger partial charge in [0.15, 0.2) is 5.82 Å². The van der Waals surface area contributed by atoms with Crippen LogP contribution < -0.4 is 10.6 Å². The summed E-state index contributed by atoms with van der Waals surface area (Å²) in [4.78, 5) is 24.5. The smallest absolute Gasteiger partial charge is 0.255 e. The topological polar surface area (TPSA) is 102 Å². The average molecular weight is 362 g/mol. The molecule has 4 rings (SSSR count). The molecule has 3 aromatic rings. The Morgan fingerprint density at radius 1 is 1.04 bits per heavy atom. The van der Waals surface area contributed by atoms with E-state index in [0.717, 1.165) is 18.5 Å². The van der Waals surface area contributed by atoms with Crippen molar-refractivity contribution >= 4 is 23.2 Å². The third-order valence-electron chi connectivity index (χ3n) is 4.31. The zero-order chi connectivity index (χ0) is 18.8. The summed E-state index contributed by atoms with van der Waals surface area (Å²) < 4.78 is 1.59. The molecule has 1 heterocycles. The second-order valence-corrected chi connectivity index (χ2v) is 6.49. The molecule has 1 aromatic heterocycles. The van der Waals surface area contributed by atoms with Gasteiger partial charge in [0.1, 0.15) is 0 Å². The molecule has 2 amide bonds. The highest BCUT2D eigenvalue weighted by Crippen LogP contribution is 2.30. The maximum Gasteiger partial charge on any atom is 0.255 e. The number of benzene rings is 2. The molecule has 2 aromatic carbocycles. The summed E-state index contributed by atoms with van der Waals surface area (Å²) in [5, 5.41) is 17.1. The van der Waals surface area contributed by atoms with Crippen LogP contribution in [-0.4, -0.2) is 32.0 Å². The Morgan fingerprint density at radius 3 is 2.48 bits per heavy atom. The van der Waals surface area contributed by atoms with Crippen molar-refractivity contribution in [3.05, 3.63) is 59.9 Å². The number of anilines is 2. The number of hydrogen-bond donors (Lipinski definition) is 2. The predicted octanol–water partition coefficient (Wildman–Crippen LogP) is 2.57. The predicted molar refractivity (Wildman–Crippen MR) is 99.6 cm³/mol. The van der Waals surface area contributed by atoms with Crippen molar-refractivity contribution in [2.24, 2.45) is 5.92 Å². The van der Waals surface area contributed by atoms with Gasteiger partial charge in [-0.25, -0.2) is 0 Å². The van der Waals surface area contributed by atoms with E-state index in [4.69, 9.17) is 0 Å². The lowest BCUT2D eigenvalue weighted by atomic mass is 10.1. The molecule has 1 fully saturated rings. The van der Waals surface area contributed by atoms with Crippen molar-refractivity contribution in [3.8, 4) is 5.69 Å². The van der Waals surface area contributed by atoms with Gasteiger partial charge in [-0.1, -0.05) is 12.1 Å². The highest BCUT2D eigenvalue weighted by atomic mass is 16.2. The highest BCUT2D eigenvalue weighted by Gasteiger charge is 2.29. The first kappa shape index (κ1) is 16.9. The number of hydrogen-bond acceptors (Lipinski definition) is 5. The largest absolute Gasteiger partial charge is 0.326 e. The van der Waals surface area contributed by atoms with Gasteiger partial charge in [0.2, 0.25) is 5.91 Å². The molecule has 27 heavy (non-hydrogen) atoms. The third-order valence-corrected chi connectivity index (χ3v) is 4.31. The van der Waals surface area contributed by atoms with E-state index in [1.807, 2.05) is 12.1 Å². The van der Waals surface area contributed by atoms with E-state index >= 15 is 0 Å². The molecule has 1 aliphatic rings. The number of rotatable bonds is 5. The fourth-order valence-corrected chi connectivity index (χ4v) is 2.72. The lowest BCUT2D eigenvalue weighted by Crippen LogP contribution is -2.15. The van der Waals surface area contributed by atoms with E-state index in [2.05, 4.69) is 26.2 Å². The Bertz CT molecular complexity index is 1010. The van der Waals surface area contributed by atoms with Gasteiger partial charge in [0.05, 0.1) is 5.69 Å². The standard InChI is InChI=1S/C19H18N6O2/c1-12-22-23-24-25(12)17-7-3-6-16(11-17)21-19(27)14-4-2-5-15(10-14)20-18(26)13-8-9-13/h2-7,10-11,13H,8-9H2,1H3,(H,20,26)(H,21,27). The minimum Gasteiger partial charge on any atom is -0.326 e. The molecule has 0 aliphatic heterocycles. The zero-order valence-corrected chi connectivity index (χ0v) is 14.7. The van der Waals surface area contributed by atoms with Crippen LogP contribution in [0.3, 0.4) is 0 Å². The lowest BCUT2D eigenvalue weighted by Gasteiger charge is -2.09. The van der Waals surface area contributed by atoms with Crippen LogP contribution in [-0.2, 0) is 4.79 Å². The van der Waals surface area contributed by atoms with Crippen LogP contribution in [0.5, 0.6) is 0 Å². The third kappa shape index (κ3) is 3.84. The van der Waals surface area contributed by atoms with Crippen LogP contribution >= 0.6 is 0 Å². The molecule has 136 valence electrons. The van der Waals surface area contributed by atoms with E-state index in [1.54, 1.807) is 48.0 Å². The van der Waals surface area contributed by atoms with Crippen molar-refractivity contribution in [2.45, 2.75) is 19.8 Å². The van der Waals surface area contributed by atoms with E-state index in [9.17, 15) is 9.59 Å². The zero-order valence-electron chi connectivity index (χ0n) is 14.7. The molecular formula is C19H18N6O2. The van der Waals surface area contributed by atoms with Crippen LogP contribution in [0.25, 0.3) is 5.69 Å². The Labute approximate surface area is 155 Å². The molecule has 2 N–H and O–H groups in total. The van der Waals surface area contributed by atoms with Gasteiger partial charge < -0.3 is 10.6 Å². The van der Waals surface area contributed by atoms with E-state index in [0.29, 0.717) is 22.8 Å². The number of nitrogens with one attached hydrogen (secondary N) is 2. The first-order chi connectivity index (χ1) is 13.1. The van der Waals surface area contributed by atoms with Gasteiger partial charge in [-0.2, -0.15) is 4.68 Å². The van der Waals surface area contributed by atoms with Crippen LogP contribution in [0.15, 0.2) is 48.5 Å². The van der Waals surface area contributed by atoms with Gasteiger partial charge in [0, 0.05) is 22.9 Å². The molecule has 8 heteroatoms. The molecule has 0 bridgehead atoms. The monoisotopic (exact) mass is 362 g/mol. The van der Waals surface area contributed by atoms with Crippen molar-refractivity contribution in [3.63, 3.8) is 0 Å². The van der Waals surface area contributed by atoms with Crippen molar-refractivity contribution in [1.29, 1.82) is 0 Å². The molecule has 1 aliphatic carbocycles. The summed E-state index contributed by atoms with van der Waals surface area (Å²) >= 11 is 0. The number of tetrazole rings is 1. The van der Waals surface area contributed by atoms with Crippen LogP contribution in [0.4, 0.5) is 11.4 Å². The van der Waals surface area contributed by atoms with Crippen molar-refractivity contribution in [1.82, 2.24) is 20.2 Å². The van der Waals surface area contributed by atoms with Crippen LogP contribution in [0.1, 0.15) is 29.0 Å². The molecule has 0 spiro atoms. The maximum absolute atomic E-state index is 12.6. The molecule has 0 saturated heterocycles. The fourth-order valence-electron chi connectivity index (χ4n) is 2.72. The van der Waals surface area contributed by atoms with Crippen molar-refractivity contribution in [2.75, 3.05) is 10.6 Å². The van der Waals surface area contributed by atoms with Gasteiger partial charge >= 0.3 is 0 Å². The number of aromatic nitrogens is 4. The molecule has 0 unspecified atom stereocenters. The molecule has 0 radical (unpaired) electrons. The fraction of sp³-hybridized carbons (Fsp3) is 0.211. The van der Waals surface area contributed by atoms with Gasteiger partial charge in [-0.05, 0) is 66.6 Å². The average Bonchev–Trinajstić information content (AvgIpc) is 3.43. The van der Waals surface area contributed by atoms with Gasteiger partial charge in [0.25, 0.3) is 5.91 Å². The number of carbonyl (C=O) groups excluding carboxylic acids is 2. The maximum atomic E-state index is 12.6. The van der Waals surface area contributed by atoms with Gasteiger partial charge in [-0.3, -0.25) is 9.59 Å². The van der Waals surface area contributed by atoms with Gasteiger partial charge in [-0.15, -0.1) is 5.10 Å². The summed E-state index contributed by atoms with van der Waals surface area (Å²) in [6, 6.07) is 14.2. The Kier molecular flexibility index (Phi) is 4.37. The summed E-state index contributed by atoms with van der Waals surface area (Å²) in [5.74, 6) is 0.512. The summed E-state index contributed by atoms with van der Waals surface area (Å²) in [6.07, 6.45) is 1.87. The summed E-state index contributed by atoms with van der Waals surface area (Å²) in [7, 11) is 0. The van der Waals surface area contributed by atoms with E-state index in [1.165, 1.54) is 0 Å². The Balaban J connectivity index is 1.49. The minimum atomic E-state index is -0.261. The quantitative estimate of drug-likeness (QED) is 0.726. The summed E-state index contributed by atoms with van der Waals surface area (Å²) in [6.45, 7) is 1.80. The lowest BCUT2D eigenvalue weighted by molar-refractivity contribution is -0.117. The van der Waals surface area contributed by atoms with Crippen molar-refractivity contribution < 1.29 is 9.59 Å². The second-order valence-electron chi connectivity index (χ2n) is 6.49. The van der Waals surface area contributed by atoms with E-state index in [-0.39, 0.29) is 17.7 Å². The number of aryl methyl sites for hydroxylation is 1. The summed E-state index contributed by atoms with van der Waals surface area (Å²) in [5.41, 5.74) is 2.46. The highest BCUT2D eigenvalue weighted by molar-refractivity contribution is 6.05. The Morgan fingerprint density at radius 2 is 1.78 bits per heavy atom. The number of nitrogens with zero attached hydrogens (tertiary/aromatic N) is 4. The molecule has 1 saturated carbocycles. The molecule has 0 atom stereocenters. The number of amides is 2.